The normalized spacial score (nSPS) is 12.5. The zero-order chi connectivity index (χ0) is 19.3. The summed E-state index contributed by atoms with van der Waals surface area (Å²) in [7, 11) is 0. The van der Waals surface area contributed by atoms with Crippen molar-refractivity contribution in [3.63, 3.8) is 0 Å². The van der Waals surface area contributed by atoms with E-state index >= 15 is 0 Å². The topological polar surface area (TPSA) is 79.3 Å². The van der Waals surface area contributed by atoms with Gasteiger partial charge in [-0.1, -0.05) is 24.3 Å². The summed E-state index contributed by atoms with van der Waals surface area (Å²) in [5.74, 6) is -0.211. The molecule has 0 spiro atoms. The van der Waals surface area contributed by atoms with Crippen molar-refractivity contribution in [1.29, 1.82) is 0 Å². The Balaban J connectivity index is 2.04. The lowest BCUT2D eigenvalue weighted by atomic mass is 10.00. The second-order valence-electron chi connectivity index (χ2n) is 7.57. The van der Waals surface area contributed by atoms with E-state index in [1.807, 2.05) is 45.0 Å². The third kappa shape index (κ3) is 6.08. The van der Waals surface area contributed by atoms with E-state index in [0.717, 1.165) is 16.7 Å². The maximum absolute atomic E-state index is 12.4. The molecule has 0 aliphatic heterocycles. The second kappa shape index (κ2) is 8.23. The van der Waals surface area contributed by atoms with Crippen LogP contribution in [0.5, 0.6) is 0 Å². The van der Waals surface area contributed by atoms with E-state index in [1.165, 1.54) is 0 Å². The van der Waals surface area contributed by atoms with Gasteiger partial charge >= 0.3 is 0 Å². The molecule has 0 aliphatic rings. The van der Waals surface area contributed by atoms with Crippen LogP contribution in [0, 0.1) is 0 Å². The van der Waals surface area contributed by atoms with Crippen molar-refractivity contribution in [2.24, 2.45) is 0 Å². The highest BCUT2D eigenvalue weighted by molar-refractivity contribution is 5.93. The molecule has 2 N–H and O–H groups in total. The number of carbonyl (C=O) groups excluding carboxylic acids is 2. The smallest absolute Gasteiger partial charge is 0.270 e. The average Bonchev–Trinajstić information content (AvgIpc) is 2.53. The van der Waals surface area contributed by atoms with Gasteiger partial charge in [0, 0.05) is 24.6 Å². The molecule has 138 valence electrons. The fraction of sp³-hybridized carbons (Fsp3) is 0.381. The summed E-state index contributed by atoms with van der Waals surface area (Å²) >= 11 is 0. The molecular formula is C21H26N2O3. The van der Waals surface area contributed by atoms with Gasteiger partial charge in [0.2, 0.25) is 0 Å². The van der Waals surface area contributed by atoms with Crippen LogP contribution in [0.3, 0.4) is 0 Å². The Morgan fingerprint density at radius 2 is 1.77 bits per heavy atom. The third-order valence-electron chi connectivity index (χ3n) is 3.78. The van der Waals surface area contributed by atoms with Crippen LogP contribution >= 0.6 is 0 Å². The monoisotopic (exact) mass is 354 g/mol. The highest BCUT2D eigenvalue weighted by Gasteiger charge is 2.17. The lowest BCUT2D eigenvalue weighted by Crippen LogP contribution is -2.40. The summed E-state index contributed by atoms with van der Waals surface area (Å²) in [5, 5.41) is 12.5. The number of rotatable bonds is 6. The molecule has 0 radical (unpaired) electrons. The lowest BCUT2D eigenvalue weighted by Gasteiger charge is -2.20. The Labute approximate surface area is 154 Å². The van der Waals surface area contributed by atoms with Crippen LogP contribution in [0.15, 0.2) is 42.6 Å². The van der Waals surface area contributed by atoms with E-state index in [-0.39, 0.29) is 30.1 Å². The summed E-state index contributed by atoms with van der Waals surface area (Å²) in [6, 6.07) is 10.8. The molecule has 1 heterocycles. The molecule has 26 heavy (non-hydrogen) atoms. The van der Waals surface area contributed by atoms with Gasteiger partial charge in [0.15, 0.2) is 0 Å². The van der Waals surface area contributed by atoms with Gasteiger partial charge in [-0.2, -0.15) is 0 Å². The van der Waals surface area contributed by atoms with Gasteiger partial charge < -0.3 is 10.4 Å². The summed E-state index contributed by atoms with van der Waals surface area (Å²) in [4.78, 5) is 28.7. The van der Waals surface area contributed by atoms with Crippen molar-refractivity contribution in [3.8, 4) is 0 Å². The minimum Gasteiger partial charge on any atom is -0.389 e. The predicted octanol–water partition coefficient (Wildman–Crippen LogP) is 3.02. The van der Waals surface area contributed by atoms with E-state index in [0.29, 0.717) is 5.69 Å². The van der Waals surface area contributed by atoms with Crippen molar-refractivity contribution in [2.75, 3.05) is 0 Å². The molecule has 2 aromatic rings. The van der Waals surface area contributed by atoms with E-state index < -0.39 is 6.10 Å². The maximum Gasteiger partial charge on any atom is 0.270 e. The van der Waals surface area contributed by atoms with Crippen molar-refractivity contribution in [1.82, 2.24) is 10.3 Å². The number of aliphatic hydroxyl groups is 1. The molecule has 5 nitrogen and oxygen atoms in total. The Morgan fingerprint density at radius 1 is 1.12 bits per heavy atom. The molecule has 5 heteroatoms. The van der Waals surface area contributed by atoms with Crippen LogP contribution < -0.4 is 5.32 Å². The molecule has 1 aromatic carbocycles. The number of aliphatic hydroxyl groups excluding tert-OH is 1. The highest BCUT2D eigenvalue weighted by atomic mass is 16.3. The van der Waals surface area contributed by atoms with Gasteiger partial charge in [0.1, 0.15) is 11.5 Å². The Hall–Kier alpha value is -2.53. The number of aromatic nitrogens is 1. The number of hydrogen-bond acceptors (Lipinski definition) is 4. The standard InChI is InChI=1S/C21H26N2O3/c1-14(24)17-7-5-6-15(10-17)11-18(25)12-16-8-9-22-19(13-16)20(26)23-21(2,3)4/h5-10,13-14,24H,11-12H2,1-4H3,(H,23,26). The summed E-state index contributed by atoms with van der Waals surface area (Å²) in [5.41, 5.74) is 2.38. The van der Waals surface area contributed by atoms with E-state index in [1.54, 1.807) is 25.3 Å². The lowest BCUT2D eigenvalue weighted by molar-refractivity contribution is -0.117. The van der Waals surface area contributed by atoms with E-state index in [9.17, 15) is 14.7 Å². The van der Waals surface area contributed by atoms with Crippen LogP contribution in [0.4, 0.5) is 0 Å². The number of amides is 1. The van der Waals surface area contributed by atoms with Crippen LogP contribution in [0.1, 0.15) is 61.0 Å². The molecule has 0 bridgehead atoms. The van der Waals surface area contributed by atoms with E-state index in [2.05, 4.69) is 10.3 Å². The number of Topliss-reactive ketones (excluding diaryl/α,β-unsaturated/α-hetero) is 1. The SMILES string of the molecule is CC(O)c1cccc(CC(=O)Cc2ccnc(C(=O)NC(C)(C)C)c2)c1. The number of carbonyl (C=O) groups is 2. The zero-order valence-electron chi connectivity index (χ0n) is 15.7. The largest absolute Gasteiger partial charge is 0.389 e. The first kappa shape index (κ1) is 19.8. The molecule has 0 fully saturated rings. The number of hydrogen-bond donors (Lipinski definition) is 2. The van der Waals surface area contributed by atoms with Gasteiger partial charge in [-0.05, 0) is 56.5 Å². The van der Waals surface area contributed by atoms with Gasteiger partial charge in [-0.25, -0.2) is 0 Å². The predicted molar refractivity (Wildman–Crippen MR) is 101 cm³/mol. The fourth-order valence-electron chi connectivity index (χ4n) is 2.59. The van der Waals surface area contributed by atoms with Crippen LogP contribution in [-0.2, 0) is 17.6 Å². The van der Waals surface area contributed by atoms with Gasteiger partial charge in [-0.3, -0.25) is 14.6 Å². The minimum absolute atomic E-state index is 0.0427. The van der Waals surface area contributed by atoms with Crippen LogP contribution in [-0.4, -0.2) is 27.3 Å². The van der Waals surface area contributed by atoms with Crippen molar-refractivity contribution < 1.29 is 14.7 Å². The Kier molecular flexibility index (Phi) is 6.27. The van der Waals surface area contributed by atoms with Crippen molar-refractivity contribution in [2.45, 2.75) is 52.2 Å². The van der Waals surface area contributed by atoms with Crippen LogP contribution in [0.2, 0.25) is 0 Å². The summed E-state index contributed by atoms with van der Waals surface area (Å²) in [6.07, 6.45) is 1.51. The first-order valence-corrected chi connectivity index (χ1v) is 8.70. The van der Waals surface area contributed by atoms with Crippen LogP contribution in [0.25, 0.3) is 0 Å². The number of ketones is 1. The number of benzene rings is 1. The molecule has 1 atom stereocenters. The molecule has 2 rings (SSSR count). The quantitative estimate of drug-likeness (QED) is 0.836. The molecule has 1 unspecified atom stereocenters. The molecular weight excluding hydrogens is 328 g/mol. The van der Waals surface area contributed by atoms with Crippen molar-refractivity contribution in [3.05, 3.63) is 65.0 Å². The first-order chi connectivity index (χ1) is 12.1. The van der Waals surface area contributed by atoms with Gasteiger partial charge in [-0.15, -0.1) is 0 Å². The fourth-order valence-corrected chi connectivity index (χ4v) is 2.59. The molecule has 1 aromatic heterocycles. The molecule has 0 aliphatic carbocycles. The number of nitrogens with one attached hydrogen (secondary N) is 1. The average molecular weight is 354 g/mol. The Morgan fingerprint density at radius 3 is 2.38 bits per heavy atom. The van der Waals surface area contributed by atoms with Gasteiger partial charge in [0.05, 0.1) is 6.10 Å². The third-order valence-corrected chi connectivity index (χ3v) is 3.78. The summed E-state index contributed by atoms with van der Waals surface area (Å²) < 4.78 is 0. The minimum atomic E-state index is -0.561. The number of pyridine rings is 1. The molecule has 0 saturated heterocycles. The molecule has 0 saturated carbocycles. The molecule has 1 amide bonds. The highest BCUT2D eigenvalue weighted by Crippen LogP contribution is 2.15. The van der Waals surface area contributed by atoms with E-state index in [4.69, 9.17) is 0 Å². The second-order valence-corrected chi connectivity index (χ2v) is 7.57. The Bertz CT molecular complexity index is 792. The maximum atomic E-state index is 12.4. The number of nitrogens with zero attached hydrogens (tertiary/aromatic N) is 1. The zero-order valence-corrected chi connectivity index (χ0v) is 15.7. The van der Waals surface area contributed by atoms with Gasteiger partial charge in [0.25, 0.3) is 5.91 Å². The summed E-state index contributed by atoms with van der Waals surface area (Å²) in [6.45, 7) is 7.40. The van der Waals surface area contributed by atoms with Crippen molar-refractivity contribution >= 4 is 11.7 Å². The first-order valence-electron chi connectivity index (χ1n) is 8.70.